The average Bonchev–Trinajstić information content (AvgIpc) is 2.85. The first-order chi connectivity index (χ1) is 9.32. The predicted octanol–water partition coefficient (Wildman–Crippen LogP) is 0.467. The van der Waals surface area contributed by atoms with Gasteiger partial charge in [-0.2, -0.15) is 0 Å². The van der Waals surface area contributed by atoms with Crippen molar-refractivity contribution in [2.75, 3.05) is 25.1 Å². The number of methoxy groups -OCH3 is 1. The van der Waals surface area contributed by atoms with Crippen LogP contribution in [0.25, 0.3) is 0 Å². The van der Waals surface area contributed by atoms with Gasteiger partial charge in [0.2, 0.25) is 10.0 Å². The van der Waals surface area contributed by atoms with Crippen molar-refractivity contribution in [2.24, 2.45) is 5.14 Å². The Bertz CT molecular complexity index is 631. The third kappa shape index (κ3) is 2.89. The minimum atomic E-state index is -3.96. The fourth-order valence-electron chi connectivity index (χ4n) is 2.23. The number of nitrogens with two attached hydrogens (primary N) is 1. The standard InChI is InChI=1S/C11H15N3O5S/c1-19-8-4-5-13(7-8)10-3-2-9(20(12,17)18)6-11(10)14(15)16/h2-3,6,8H,4-5,7H2,1H3,(H2,12,17,18). The number of nitrogens with zero attached hydrogens (tertiary/aromatic N) is 2. The molecule has 0 bridgehead atoms. The van der Waals surface area contributed by atoms with Crippen molar-refractivity contribution in [3.05, 3.63) is 28.3 Å². The van der Waals surface area contributed by atoms with E-state index in [2.05, 4.69) is 0 Å². The summed E-state index contributed by atoms with van der Waals surface area (Å²) in [6, 6.07) is 3.68. The fraction of sp³-hybridized carbons (Fsp3) is 0.455. The van der Waals surface area contributed by atoms with Crippen LogP contribution in [0.2, 0.25) is 0 Å². The molecule has 1 heterocycles. The molecular weight excluding hydrogens is 286 g/mol. The fourth-order valence-corrected chi connectivity index (χ4v) is 2.77. The largest absolute Gasteiger partial charge is 0.380 e. The molecule has 110 valence electrons. The zero-order chi connectivity index (χ0) is 14.9. The van der Waals surface area contributed by atoms with Gasteiger partial charge in [-0.15, -0.1) is 0 Å². The second kappa shape index (κ2) is 5.35. The summed E-state index contributed by atoms with van der Waals surface area (Å²) in [5.74, 6) is 0. The van der Waals surface area contributed by atoms with Crippen LogP contribution in [0.4, 0.5) is 11.4 Å². The maximum absolute atomic E-state index is 11.3. The van der Waals surface area contributed by atoms with Gasteiger partial charge >= 0.3 is 0 Å². The lowest BCUT2D eigenvalue weighted by Crippen LogP contribution is -2.23. The Labute approximate surface area is 116 Å². The van der Waals surface area contributed by atoms with Crippen LogP contribution >= 0.6 is 0 Å². The summed E-state index contributed by atoms with van der Waals surface area (Å²) in [5, 5.41) is 16.1. The third-order valence-corrected chi connectivity index (χ3v) is 4.20. The predicted molar refractivity (Wildman–Crippen MR) is 72.1 cm³/mol. The van der Waals surface area contributed by atoms with Crippen LogP contribution < -0.4 is 10.0 Å². The van der Waals surface area contributed by atoms with E-state index in [1.54, 1.807) is 12.0 Å². The molecule has 8 nitrogen and oxygen atoms in total. The van der Waals surface area contributed by atoms with Gasteiger partial charge in [-0.25, -0.2) is 13.6 Å². The van der Waals surface area contributed by atoms with E-state index in [0.717, 1.165) is 12.5 Å². The Morgan fingerprint density at radius 3 is 2.70 bits per heavy atom. The summed E-state index contributed by atoms with van der Waals surface area (Å²) in [5.41, 5.74) is 0.107. The first kappa shape index (κ1) is 14.7. The number of nitro groups is 1. The van der Waals surface area contributed by atoms with Crippen LogP contribution in [0, 0.1) is 10.1 Å². The Kier molecular flexibility index (Phi) is 3.93. The molecule has 2 rings (SSSR count). The molecule has 1 saturated heterocycles. The van der Waals surface area contributed by atoms with Crippen LogP contribution in [0.3, 0.4) is 0 Å². The Morgan fingerprint density at radius 1 is 1.50 bits per heavy atom. The zero-order valence-electron chi connectivity index (χ0n) is 10.9. The van der Waals surface area contributed by atoms with Crippen molar-refractivity contribution in [1.29, 1.82) is 0 Å². The molecule has 1 unspecified atom stereocenters. The summed E-state index contributed by atoms with van der Waals surface area (Å²) >= 11 is 0. The van der Waals surface area contributed by atoms with Crippen molar-refractivity contribution >= 4 is 21.4 Å². The van der Waals surface area contributed by atoms with E-state index in [1.165, 1.54) is 12.1 Å². The minimum absolute atomic E-state index is 0.0209. The number of anilines is 1. The summed E-state index contributed by atoms with van der Waals surface area (Å²) in [6.07, 6.45) is 0.789. The summed E-state index contributed by atoms with van der Waals surface area (Å²) in [7, 11) is -2.37. The van der Waals surface area contributed by atoms with E-state index >= 15 is 0 Å². The van der Waals surface area contributed by atoms with Crippen molar-refractivity contribution in [1.82, 2.24) is 0 Å². The maximum Gasteiger partial charge on any atom is 0.293 e. The lowest BCUT2D eigenvalue weighted by atomic mass is 10.2. The molecular formula is C11H15N3O5S. The van der Waals surface area contributed by atoms with Gasteiger partial charge in [0.15, 0.2) is 0 Å². The number of hydrogen-bond acceptors (Lipinski definition) is 6. The minimum Gasteiger partial charge on any atom is -0.380 e. The molecule has 0 aliphatic carbocycles. The highest BCUT2D eigenvalue weighted by Gasteiger charge is 2.28. The normalized spacial score (nSPS) is 19.3. The molecule has 0 saturated carbocycles. The van der Waals surface area contributed by atoms with Gasteiger partial charge in [-0.1, -0.05) is 0 Å². The molecule has 0 spiro atoms. The van der Waals surface area contributed by atoms with Crippen molar-refractivity contribution in [3.8, 4) is 0 Å². The number of sulfonamides is 1. The van der Waals surface area contributed by atoms with E-state index in [4.69, 9.17) is 9.88 Å². The highest BCUT2D eigenvalue weighted by Crippen LogP contribution is 2.33. The smallest absolute Gasteiger partial charge is 0.293 e. The van der Waals surface area contributed by atoms with Crippen molar-refractivity contribution < 1.29 is 18.1 Å². The first-order valence-corrected chi connectivity index (χ1v) is 7.46. The van der Waals surface area contributed by atoms with Crippen LogP contribution in [0.1, 0.15) is 6.42 Å². The van der Waals surface area contributed by atoms with Crippen molar-refractivity contribution in [2.45, 2.75) is 17.4 Å². The number of ether oxygens (including phenoxy) is 1. The summed E-state index contributed by atoms with van der Waals surface area (Å²) in [6.45, 7) is 1.15. The average molecular weight is 301 g/mol. The second-order valence-corrected chi connectivity index (χ2v) is 6.11. The van der Waals surface area contributed by atoms with Crippen LogP contribution in [0.15, 0.2) is 23.1 Å². The summed E-state index contributed by atoms with van der Waals surface area (Å²) < 4.78 is 27.7. The van der Waals surface area contributed by atoms with E-state index in [9.17, 15) is 18.5 Å². The SMILES string of the molecule is COC1CCN(c2ccc(S(N)(=O)=O)cc2[N+](=O)[O-])C1. The highest BCUT2D eigenvalue weighted by molar-refractivity contribution is 7.89. The molecule has 1 fully saturated rings. The third-order valence-electron chi connectivity index (χ3n) is 3.29. The molecule has 1 aliphatic heterocycles. The van der Waals surface area contributed by atoms with Crippen LogP contribution in [-0.4, -0.2) is 39.6 Å². The molecule has 2 N–H and O–H groups in total. The second-order valence-electron chi connectivity index (χ2n) is 4.55. The maximum atomic E-state index is 11.3. The van der Waals surface area contributed by atoms with E-state index < -0.39 is 14.9 Å². The van der Waals surface area contributed by atoms with Gasteiger partial charge in [0.1, 0.15) is 5.69 Å². The Morgan fingerprint density at radius 2 is 2.20 bits per heavy atom. The molecule has 1 aliphatic rings. The number of benzene rings is 1. The molecule has 9 heteroatoms. The van der Waals surface area contributed by atoms with Crippen LogP contribution in [-0.2, 0) is 14.8 Å². The van der Waals surface area contributed by atoms with E-state index in [-0.39, 0.29) is 16.7 Å². The molecule has 0 radical (unpaired) electrons. The van der Waals surface area contributed by atoms with Gasteiger partial charge < -0.3 is 9.64 Å². The topological polar surface area (TPSA) is 116 Å². The van der Waals surface area contributed by atoms with E-state index in [0.29, 0.717) is 18.8 Å². The van der Waals surface area contributed by atoms with E-state index in [1.807, 2.05) is 0 Å². The van der Waals surface area contributed by atoms with Gasteiger partial charge in [0.25, 0.3) is 5.69 Å². The van der Waals surface area contributed by atoms with Gasteiger partial charge in [-0.3, -0.25) is 10.1 Å². The quantitative estimate of drug-likeness (QED) is 0.638. The van der Waals surface area contributed by atoms with Gasteiger partial charge in [0.05, 0.1) is 15.9 Å². The number of hydrogen-bond donors (Lipinski definition) is 1. The highest BCUT2D eigenvalue weighted by atomic mass is 32.2. The lowest BCUT2D eigenvalue weighted by molar-refractivity contribution is -0.384. The Balaban J connectivity index is 2.42. The molecule has 0 amide bonds. The number of rotatable bonds is 4. The number of primary sulfonamides is 1. The first-order valence-electron chi connectivity index (χ1n) is 5.92. The Hall–Kier alpha value is -1.71. The lowest BCUT2D eigenvalue weighted by Gasteiger charge is -2.18. The summed E-state index contributed by atoms with van der Waals surface area (Å²) in [4.78, 5) is 12.1. The molecule has 1 aromatic carbocycles. The monoisotopic (exact) mass is 301 g/mol. The van der Waals surface area contributed by atoms with Crippen LogP contribution in [0.5, 0.6) is 0 Å². The molecule has 1 aromatic rings. The zero-order valence-corrected chi connectivity index (χ0v) is 11.7. The molecule has 20 heavy (non-hydrogen) atoms. The van der Waals surface area contributed by atoms with Crippen molar-refractivity contribution in [3.63, 3.8) is 0 Å². The molecule has 1 atom stereocenters. The van der Waals surface area contributed by atoms with Gasteiger partial charge in [0, 0.05) is 26.3 Å². The van der Waals surface area contributed by atoms with Gasteiger partial charge in [-0.05, 0) is 18.6 Å². The molecule has 0 aromatic heterocycles. The number of nitro benzene ring substituents is 1.